The topological polar surface area (TPSA) is 28.7 Å². The van der Waals surface area contributed by atoms with Crippen LogP contribution in [0.3, 0.4) is 0 Å². The summed E-state index contributed by atoms with van der Waals surface area (Å²) in [4.78, 5) is 7.33. The summed E-state index contributed by atoms with van der Waals surface area (Å²) < 4.78 is 0. The van der Waals surface area contributed by atoms with E-state index < -0.39 is 0 Å². The van der Waals surface area contributed by atoms with E-state index in [1.54, 1.807) is 0 Å². The van der Waals surface area contributed by atoms with Gasteiger partial charge >= 0.3 is 0 Å². The van der Waals surface area contributed by atoms with Gasteiger partial charge in [0.15, 0.2) is 0 Å². The van der Waals surface area contributed by atoms with Crippen molar-refractivity contribution in [2.45, 2.75) is 13.3 Å². The van der Waals surface area contributed by atoms with Crippen LogP contribution in [-0.4, -0.2) is 9.97 Å². The van der Waals surface area contributed by atoms with Crippen molar-refractivity contribution in [3.63, 3.8) is 0 Å². The van der Waals surface area contributed by atoms with Gasteiger partial charge in [-0.15, -0.1) is 0 Å². The first-order chi connectivity index (χ1) is 5.42. The lowest BCUT2D eigenvalue weighted by molar-refractivity contribution is 1.12. The van der Waals surface area contributed by atoms with Gasteiger partial charge in [0, 0.05) is 24.0 Å². The van der Waals surface area contributed by atoms with Gasteiger partial charge in [0.1, 0.15) is 0 Å². The van der Waals surface area contributed by atoms with Crippen molar-refractivity contribution in [1.82, 2.24) is 9.97 Å². The highest BCUT2D eigenvalue weighted by molar-refractivity contribution is 5.81. The Morgan fingerprint density at radius 2 is 2.36 bits per heavy atom. The van der Waals surface area contributed by atoms with Gasteiger partial charge < -0.3 is 4.98 Å². The number of nitrogens with zero attached hydrogens (tertiary/aromatic N) is 1. The number of fused-ring (bicyclic) bond motifs is 1. The summed E-state index contributed by atoms with van der Waals surface area (Å²) in [6.07, 6.45) is 6.78. The number of rotatable bonds is 1. The van der Waals surface area contributed by atoms with Crippen LogP contribution in [0.2, 0.25) is 0 Å². The minimum Gasteiger partial charge on any atom is -0.361 e. The lowest BCUT2D eigenvalue weighted by Crippen LogP contribution is -1.83. The molecule has 0 saturated carbocycles. The lowest BCUT2D eigenvalue weighted by atomic mass is 10.2. The van der Waals surface area contributed by atoms with Crippen LogP contribution in [0.5, 0.6) is 0 Å². The molecule has 0 saturated heterocycles. The summed E-state index contributed by atoms with van der Waals surface area (Å²) in [5.41, 5.74) is 2.51. The zero-order valence-corrected chi connectivity index (χ0v) is 6.46. The summed E-state index contributed by atoms with van der Waals surface area (Å²) in [7, 11) is 0. The molecule has 2 aromatic heterocycles. The van der Waals surface area contributed by atoms with Gasteiger partial charge in [-0.25, -0.2) is 0 Å². The van der Waals surface area contributed by atoms with Crippen LogP contribution in [-0.2, 0) is 6.42 Å². The van der Waals surface area contributed by atoms with Crippen molar-refractivity contribution >= 4 is 10.9 Å². The third kappa shape index (κ3) is 0.909. The Hall–Kier alpha value is -1.31. The number of pyridine rings is 1. The third-order valence-electron chi connectivity index (χ3n) is 1.93. The fraction of sp³-hybridized carbons (Fsp3) is 0.222. The zero-order chi connectivity index (χ0) is 7.68. The highest BCUT2D eigenvalue weighted by Crippen LogP contribution is 2.14. The molecule has 0 radical (unpaired) electrons. The van der Waals surface area contributed by atoms with E-state index in [0.29, 0.717) is 0 Å². The molecule has 0 spiro atoms. The molecule has 0 amide bonds. The Morgan fingerprint density at radius 3 is 3.18 bits per heavy atom. The van der Waals surface area contributed by atoms with Gasteiger partial charge in [0.05, 0.1) is 5.52 Å². The maximum absolute atomic E-state index is 4.14. The number of hydrogen-bond acceptors (Lipinski definition) is 1. The first-order valence-corrected chi connectivity index (χ1v) is 3.82. The van der Waals surface area contributed by atoms with Gasteiger partial charge in [-0.1, -0.05) is 6.92 Å². The van der Waals surface area contributed by atoms with Crippen LogP contribution in [0.4, 0.5) is 0 Å². The molecule has 2 rings (SSSR count). The molecule has 1 N–H and O–H groups in total. The zero-order valence-electron chi connectivity index (χ0n) is 6.46. The molecule has 2 nitrogen and oxygen atoms in total. The Labute approximate surface area is 65.3 Å². The molecule has 0 unspecified atom stereocenters. The van der Waals surface area contributed by atoms with Crippen molar-refractivity contribution in [1.29, 1.82) is 0 Å². The predicted octanol–water partition coefficient (Wildman–Crippen LogP) is 2.13. The summed E-state index contributed by atoms with van der Waals surface area (Å²) in [5, 5.41) is 1.20. The van der Waals surface area contributed by atoms with Crippen molar-refractivity contribution in [2.24, 2.45) is 0 Å². The molecule has 2 heterocycles. The number of H-pyrrole nitrogens is 1. The van der Waals surface area contributed by atoms with Crippen LogP contribution >= 0.6 is 0 Å². The van der Waals surface area contributed by atoms with E-state index in [1.165, 1.54) is 16.5 Å². The number of aromatic nitrogens is 2. The fourth-order valence-corrected chi connectivity index (χ4v) is 1.31. The quantitative estimate of drug-likeness (QED) is 0.656. The number of hydrogen-bond donors (Lipinski definition) is 1. The molecule has 0 aliphatic heterocycles. The van der Waals surface area contributed by atoms with E-state index in [1.807, 2.05) is 24.7 Å². The lowest BCUT2D eigenvalue weighted by Gasteiger charge is -1.96. The first-order valence-electron chi connectivity index (χ1n) is 3.82. The number of aryl methyl sites for hydroxylation is 1. The molecule has 0 atom stereocenters. The van der Waals surface area contributed by atoms with Gasteiger partial charge in [0.2, 0.25) is 0 Å². The third-order valence-corrected chi connectivity index (χ3v) is 1.93. The second-order valence-corrected chi connectivity index (χ2v) is 2.59. The molecule has 0 bridgehead atoms. The largest absolute Gasteiger partial charge is 0.361 e. The second kappa shape index (κ2) is 2.38. The normalized spacial score (nSPS) is 10.6. The van der Waals surface area contributed by atoms with Gasteiger partial charge in [-0.2, -0.15) is 0 Å². The summed E-state index contributed by atoms with van der Waals surface area (Å²) in [5.74, 6) is 0. The van der Waals surface area contributed by atoms with E-state index in [-0.39, 0.29) is 0 Å². The number of aromatic amines is 1. The van der Waals surface area contributed by atoms with Gasteiger partial charge in [-0.3, -0.25) is 4.98 Å². The average molecular weight is 146 g/mol. The van der Waals surface area contributed by atoms with Crippen molar-refractivity contribution in [3.8, 4) is 0 Å². The average Bonchev–Trinajstić information content (AvgIpc) is 2.50. The van der Waals surface area contributed by atoms with E-state index in [0.717, 1.165) is 6.42 Å². The maximum atomic E-state index is 4.14. The molecule has 2 aromatic rings. The smallest absolute Gasteiger partial charge is 0.0517 e. The summed E-state index contributed by atoms with van der Waals surface area (Å²) >= 11 is 0. The first kappa shape index (κ1) is 6.40. The van der Waals surface area contributed by atoms with E-state index in [9.17, 15) is 0 Å². The van der Waals surface area contributed by atoms with Crippen molar-refractivity contribution in [3.05, 3.63) is 30.2 Å². The molecular weight excluding hydrogens is 136 g/mol. The predicted molar refractivity (Wildman–Crippen MR) is 45.5 cm³/mol. The fourth-order valence-electron chi connectivity index (χ4n) is 1.31. The Morgan fingerprint density at radius 1 is 1.45 bits per heavy atom. The second-order valence-electron chi connectivity index (χ2n) is 2.59. The summed E-state index contributed by atoms with van der Waals surface area (Å²) in [6, 6.07) is 2.04. The van der Waals surface area contributed by atoms with Crippen LogP contribution in [0, 0.1) is 0 Å². The van der Waals surface area contributed by atoms with E-state index in [2.05, 4.69) is 16.9 Å². The molecular formula is C9H10N2. The van der Waals surface area contributed by atoms with Crippen molar-refractivity contribution in [2.75, 3.05) is 0 Å². The van der Waals surface area contributed by atoms with E-state index in [4.69, 9.17) is 0 Å². The Bertz CT molecular complexity index is 362. The van der Waals surface area contributed by atoms with Gasteiger partial charge in [0.25, 0.3) is 0 Å². The minimum atomic E-state index is 1.03. The summed E-state index contributed by atoms with van der Waals surface area (Å²) in [6.45, 7) is 2.14. The Kier molecular flexibility index (Phi) is 1.39. The van der Waals surface area contributed by atoms with Crippen LogP contribution in [0.1, 0.15) is 12.5 Å². The van der Waals surface area contributed by atoms with Crippen molar-refractivity contribution < 1.29 is 0 Å². The van der Waals surface area contributed by atoms with Gasteiger partial charge in [-0.05, 0) is 18.1 Å². The van der Waals surface area contributed by atoms with Crippen LogP contribution < -0.4 is 0 Å². The maximum Gasteiger partial charge on any atom is 0.0517 e. The van der Waals surface area contributed by atoms with Crippen LogP contribution in [0.15, 0.2) is 24.7 Å². The molecule has 56 valence electrons. The molecule has 0 aliphatic carbocycles. The molecule has 0 aliphatic rings. The molecule has 11 heavy (non-hydrogen) atoms. The van der Waals surface area contributed by atoms with E-state index >= 15 is 0 Å². The molecule has 2 heteroatoms. The monoisotopic (exact) mass is 146 g/mol. The highest BCUT2D eigenvalue weighted by Gasteiger charge is 1.98. The minimum absolute atomic E-state index is 1.03. The highest BCUT2D eigenvalue weighted by atomic mass is 14.7. The number of nitrogens with one attached hydrogen (secondary N) is 1. The Balaban J connectivity index is 2.79. The van der Waals surface area contributed by atoms with Crippen LogP contribution in [0.25, 0.3) is 10.9 Å². The molecule has 0 fully saturated rings. The standard InChI is InChI=1S/C9H10N2/c1-2-7-5-10-6-8-3-4-11-9(7)8/h3-6,11H,2H2,1H3. The SMILES string of the molecule is CCc1cncc2cc[nH]c12. The molecule has 0 aromatic carbocycles.